The molecule has 2 aliphatic rings. The molecular formula is C22H33NO2. The fraction of sp³-hybridized carbons (Fsp3) is 0.682. The summed E-state index contributed by atoms with van der Waals surface area (Å²) in [6.07, 6.45) is 8.98. The number of hydrogen-bond donors (Lipinski definition) is 0. The molecule has 0 amide bonds. The van der Waals surface area contributed by atoms with Crippen LogP contribution in [0.25, 0.3) is 0 Å². The summed E-state index contributed by atoms with van der Waals surface area (Å²) < 4.78 is 5.96. The van der Waals surface area contributed by atoms with Crippen LogP contribution in [0.4, 0.5) is 0 Å². The van der Waals surface area contributed by atoms with E-state index >= 15 is 0 Å². The number of ether oxygens (including phenoxy) is 1. The molecule has 1 heterocycles. The highest BCUT2D eigenvalue weighted by Crippen LogP contribution is 2.34. The fourth-order valence-electron chi connectivity index (χ4n) is 4.31. The van der Waals surface area contributed by atoms with Gasteiger partial charge in [-0.15, -0.1) is 0 Å². The molecule has 1 aliphatic carbocycles. The van der Waals surface area contributed by atoms with Crippen molar-refractivity contribution in [3.05, 3.63) is 28.8 Å². The van der Waals surface area contributed by atoms with Crippen molar-refractivity contribution >= 4 is 5.78 Å². The molecule has 25 heavy (non-hydrogen) atoms. The molecule has 1 atom stereocenters. The summed E-state index contributed by atoms with van der Waals surface area (Å²) in [5.74, 6) is 1.50. The molecule has 0 aromatic heterocycles. The lowest BCUT2D eigenvalue weighted by atomic mass is 9.83. The number of likely N-dealkylation sites (tertiary alicyclic amines) is 1. The van der Waals surface area contributed by atoms with Crippen molar-refractivity contribution in [1.29, 1.82) is 0 Å². The number of Topliss-reactive ketones (excluding diaryl/α,β-unsaturated/α-hetero) is 1. The second kappa shape index (κ2) is 8.84. The molecule has 1 unspecified atom stereocenters. The summed E-state index contributed by atoms with van der Waals surface area (Å²) in [6.45, 7) is 8.29. The van der Waals surface area contributed by atoms with E-state index in [4.69, 9.17) is 4.74 Å². The molecule has 0 spiro atoms. The van der Waals surface area contributed by atoms with Gasteiger partial charge in [-0.25, -0.2) is 0 Å². The summed E-state index contributed by atoms with van der Waals surface area (Å²) in [5.41, 5.74) is 3.57. The van der Waals surface area contributed by atoms with Crippen LogP contribution >= 0.6 is 0 Å². The van der Waals surface area contributed by atoms with Gasteiger partial charge in [0.1, 0.15) is 5.75 Å². The van der Waals surface area contributed by atoms with Gasteiger partial charge in [0, 0.05) is 18.0 Å². The molecule has 1 aliphatic heterocycles. The number of carbonyl (C=O) groups is 1. The van der Waals surface area contributed by atoms with E-state index < -0.39 is 0 Å². The Kier molecular flexibility index (Phi) is 6.52. The van der Waals surface area contributed by atoms with Gasteiger partial charge in [0.15, 0.2) is 5.78 Å². The lowest BCUT2D eigenvalue weighted by Gasteiger charge is -2.26. The van der Waals surface area contributed by atoms with Gasteiger partial charge in [-0.05, 0) is 87.7 Å². The Bertz CT molecular complexity index is 590. The number of fused-ring (bicyclic) bond motifs is 1. The van der Waals surface area contributed by atoms with Gasteiger partial charge in [-0.3, -0.25) is 4.79 Å². The Morgan fingerprint density at radius 2 is 1.80 bits per heavy atom. The molecule has 0 N–H and O–H groups in total. The first kappa shape index (κ1) is 18.4. The topological polar surface area (TPSA) is 29.5 Å². The van der Waals surface area contributed by atoms with E-state index in [2.05, 4.69) is 24.8 Å². The Morgan fingerprint density at radius 1 is 1.08 bits per heavy atom. The number of benzene rings is 1. The van der Waals surface area contributed by atoms with Crippen LogP contribution in [-0.4, -0.2) is 36.9 Å². The molecule has 0 saturated carbocycles. The zero-order chi connectivity index (χ0) is 17.6. The van der Waals surface area contributed by atoms with Crippen molar-refractivity contribution in [2.45, 2.75) is 65.2 Å². The molecular weight excluding hydrogens is 310 g/mol. The molecule has 1 aromatic carbocycles. The highest BCUT2D eigenvalue weighted by Gasteiger charge is 2.27. The monoisotopic (exact) mass is 343 g/mol. The van der Waals surface area contributed by atoms with Crippen molar-refractivity contribution in [3.63, 3.8) is 0 Å². The maximum atomic E-state index is 13.3. The van der Waals surface area contributed by atoms with Crippen molar-refractivity contribution in [2.75, 3.05) is 26.2 Å². The third-order valence-electron chi connectivity index (χ3n) is 5.76. The van der Waals surface area contributed by atoms with E-state index in [1.54, 1.807) is 0 Å². The van der Waals surface area contributed by atoms with Crippen LogP contribution in [0.1, 0.15) is 73.9 Å². The fourth-order valence-corrected chi connectivity index (χ4v) is 4.31. The minimum atomic E-state index is 0.131. The minimum absolute atomic E-state index is 0.131. The lowest BCUT2D eigenvalue weighted by Crippen LogP contribution is -2.31. The predicted octanol–water partition coefficient (Wildman–Crippen LogP) is 4.66. The smallest absolute Gasteiger partial charge is 0.167 e. The van der Waals surface area contributed by atoms with Crippen LogP contribution in [0.2, 0.25) is 0 Å². The Balaban J connectivity index is 1.83. The Morgan fingerprint density at radius 3 is 2.48 bits per heavy atom. The van der Waals surface area contributed by atoms with Crippen molar-refractivity contribution in [1.82, 2.24) is 4.90 Å². The summed E-state index contributed by atoms with van der Waals surface area (Å²) in [6, 6.07) is 4.10. The van der Waals surface area contributed by atoms with Crippen LogP contribution in [0.5, 0.6) is 5.75 Å². The SMILES string of the molecule is CCCOc1ccc(C(=O)C(CC)CN2CCCC2)c2c1CCCC2. The van der Waals surface area contributed by atoms with Crippen LogP contribution in [-0.2, 0) is 12.8 Å². The summed E-state index contributed by atoms with van der Waals surface area (Å²) >= 11 is 0. The molecule has 1 saturated heterocycles. The molecule has 3 heteroatoms. The first-order valence-corrected chi connectivity index (χ1v) is 10.3. The van der Waals surface area contributed by atoms with Crippen LogP contribution < -0.4 is 4.74 Å². The zero-order valence-corrected chi connectivity index (χ0v) is 16.0. The largest absolute Gasteiger partial charge is 0.493 e. The molecule has 1 aromatic rings. The lowest BCUT2D eigenvalue weighted by molar-refractivity contribution is 0.0884. The number of rotatable bonds is 8. The number of hydrogen-bond acceptors (Lipinski definition) is 3. The maximum Gasteiger partial charge on any atom is 0.167 e. The molecule has 0 bridgehead atoms. The number of carbonyl (C=O) groups excluding carboxylic acids is 1. The second-order valence-electron chi connectivity index (χ2n) is 7.60. The predicted molar refractivity (Wildman–Crippen MR) is 103 cm³/mol. The van der Waals surface area contributed by atoms with E-state index in [0.29, 0.717) is 5.78 Å². The van der Waals surface area contributed by atoms with E-state index in [-0.39, 0.29) is 5.92 Å². The van der Waals surface area contributed by atoms with E-state index in [1.807, 2.05) is 6.07 Å². The van der Waals surface area contributed by atoms with Gasteiger partial charge in [-0.1, -0.05) is 13.8 Å². The van der Waals surface area contributed by atoms with Crippen molar-refractivity contribution in [3.8, 4) is 5.75 Å². The standard InChI is InChI=1S/C22H33NO2/c1-3-15-25-21-12-11-20(18-9-5-6-10-19(18)21)22(24)17(4-2)16-23-13-7-8-14-23/h11-12,17H,3-10,13-16H2,1-2H3. The van der Waals surface area contributed by atoms with Crippen LogP contribution in [0.15, 0.2) is 12.1 Å². The minimum Gasteiger partial charge on any atom is -0.493 e. The van der Waals surface area contributed by atoms with E-state index in [9.17, 15) is 4.79 Å². The molecule has 3 rings (SSSR count). The normalized spacial score (nSPS) is 18.8. The van der Waals surface area contributed by atoms with Gasteiger partial charge in [-0.2, -0.15) is 0 Å². The first-order valence-electron chi connectivity index (χ1n) is 10.3. The van der Waals surface area contributed by atoms with Crippen molar-refractivity contribution < 1.29 is 9.53 Å². The summed E-state index contributed by atoms with van der Waals surface area (Å²) in [5, 5.41) is 0. The van der Waals surface area contributed by atoms with Gasteiger partial charge in [0.25, 0.3) is 0 Å². The average Bonchev–Trinajstić information content (AvgIpc) is 3.16. The van der Waals surface area contributed by atoms with Crippen LogP contribution in [0.3, 0.4) is 0 Å². The third kappa shape index (κ3) is 4.25. The first-order chi connectivity index (χ1) is 12.2. The average molecular weight is 344 g/mol. The molecule has 138 valence electrons. The summed E-state index contributed by atoms with van der Waals surface area (Å²) in [7, 11) is 0. The van der Waals surface area contributed by atoms with Gasteiger partial charge >= 0.3 is 0 Å². The van der Waals surface area contributed by atoms with E-state index in [0.717, 1.165) is 63.2 Å². The third-order valence-corrected chi connectivity index (χ3v) is 5.76. The molecule has 0 radical (unpaired) electrons. The van der Waals surface area contributed by atoms with Crippen LogP contribution in [0, 0.1) is 5.92 Å². The Labute approximate surface area is 152 Å². The van der Waals surface area contributed by atoms with Gasteiger partial charge in [0.05, 0.1) is 6.61 Å². The molecule has 1 fully saturated rings. The highest BCUT2D eigenvalue weighted by atomic mass is 16.5. The number of nitrogens with zero attached hydrogens (tertiary/aromatic N) is 1. The summed E-state index contributed by atoms with van der Waals surface area (Å²) in [4.78, 5) is 15.8. The quantitative estimate of drug-likeness (QED) is 0.643. The Hall–Kier alpha value is -1.35. The number of ketones is 1. The van der Waals surface area contributed by atoms with Crippen molar-refractivity contribution in [2.24, 2.45) is 5.92 Å². The molecule has 3 nitrogen and oxygen atoms in total. The maximum absolute atomic E-state index is 13.3. The van der Waals surface area contributed by atoms with Gasteiger partial charge in [0.2, 0.25) is 0 Å². The zero-order valence-electron chi connectivity index (χ0n) is 16.0. The highest BCUT2D eigenvalue weighted by molar-refractivity contribution is 6.00. The van der Waals surface area contributed by atoms with E-state index in [1.165, 1.54) is 36.8 Å². The van der Waals surface area contributed by atoms with Gasteiger partial charge < -0.3 is 9.64 Å². The second-order valence-corrected chi connectivity index (χ2v) is 7.60.